The minimum atomic E-state index is -1.05. The van der Waals surface area contributed by atoms with Crippen molar-refractivity contribution in [1.82, 2.24) is 10.3 Å². The second-order valence-electron chi connectivity index (χ2n) is 7.60. The quantitative estimate of drug-likeness (QED) is 0.126. The number of ether oxygens (including phenoxy) is 2. The van der Waals surface area contributed by atoms with Crippen molar-refractivity contribution >= 4 is 35.4 Å². The smallest absolute Gasteiger partial charge is 0.249 e. The van der Waals surface area contributed by atoms with Gasteiger partial charge in [-0.05, 0) is 60.2 Å². The molecule has 1 unspecified atom stereocenters. The lowest BCUT2D eigenvalue weighted by atomic mass is 10.2. The van der Waals surface area contributed by atoms with Crippen LogP contribution in [0.5, 0.6) is 11.5 Å². The van der Waals surface area contributed by atoms with Crippen LogP contribution < -0.4 is 21.2 Å². The number of anilines is 1. The number of hydrazine groups is 1. The third-order valence-corrected chi connectivity index (χ3v) is 5.18. The Kier molecular flexibility index (Phi) is 9.75. The summed E-state index contributed by atoms with van der Waals surface area (Å²) in [6, 6.07) is 18.2. The summed E-state index contributed by atoms with van der Waals surface area (Å²) in [4.78, 5) is 25.2. The van der Waals surface area contributed by atoms with Gasteiger partial charge in [-0.2, -0.15) is 0 Å². The van der Waals surface area contributed by atoms with Gasteiger partial charge < -0.3 is 20.1 Å². The highest BCUT2D eigenvalue weighted by molar-refractivity contribution is 6.31. The minimum absolute atomic E-state index is 0.135. The molecule has 188 valence electrons. The van der Waals surface area contributed by atoms with Crippen molar-refractivity contribution in [3.05, 3.63) is 89.2 Å². The van der Waals surface area contributed by atoms with Crippen LogP contribution in [-0.2, 0) is 20.9 Å². The van der Waals surface area contributed by atoms with Crippen LogP contribution in [0.25, 0.3) is 0 Å². The van der Waals surface area contributed by atoms with Crippen molar-refractivity contribution in [2.24, 2.45) is 5.84 Å². The molecule has 0 heterocycles. The summed E-state index contributed by atoms with van der Waals surface area (Å²) >= 11 is 6.14. The van der Waals surface area contributed by atoms with Crippen molar-refractivity contribution < 1.29 is 23.5 Å². The van der Waals surface area contributed by atoms with Gasteiger partial charge in [0.1, 0.15) is 29.9 Å². The molecule has 9 nitrogen and oxygen atoms in total. The summed E-state index contributed by atoms with van der Waals surface area (Å²) in [5.74, 6) is 4.97. The van der Waals surface area contributed by atoms with Crippen molar-refractivity contribution in [3.63, 3.8) is 0 Å². The van der Waals surface area contributed by atoms with Gasteiger partial charge in [0.2, 0.25) is 11.8 Å². The molecule has 3 rings (SSSR count). The number of hydrogen-bond acceptors (Lipinski definition) is 6. The molecule has 0 spiro atoms. The summed E-state index contributed by atoms with van der Waals surface area (Å²) in [6.07, 6.45) is 0.790. The van der Waals surface area contributed by atoms with Crippen LogP contribution >= 0.6 is 11.6 Å². The Bertz CT molecular complexity index is 1180. The maximum absolute atomic E-state index is 13.1. The summed E-state index contributed by atoms with van der Waals surface area (Å²) in [7, 11) is 0. The fraction of sp³-hybridized carbons (Fsp3) is 0.160. The van der Waals surface area contributed by atoms with Crippen LogP contribution in [0.15, 0.2) is 72.8 Å². The van der Waals surface area contributed by atoms with Gasteiger partial charge in [0.25, 0.3) is 0 Å². The molecule has 0 aliphatic carbocycles. The Morgan fingerprint density at radius 3 is 2.33 bits per heavy atom. The number of nitrogens with zero attached hydrogens (tertiary/aromatic N) is 1. The minimum Gasteiger partial charge on any atom is -0.457 e. The monoisotopic (exact) mass is 513 g/mol. The highest BCUT2D eigenvalue weighted by Crippen LogP contribution is 2.23. The van der Waals surface area contributed by atoms with Crippen molar-refractivity contribution in [3.8, 4) is 11.5 Å². The number of benzene rings is 3. The molecule has 0 saturated heterocycles. The molecule has 0 aliphatic heterocycles. The Hall–Kier alpha value is -3.99. The molecular formula is C25H25ClFN5O4. The predicted octanol–water partition coefficient (Wildman–Crippen LogP) is 3.69. The van der Waals surface area contributed by atoms with Crippen LogP contribution in [0.2, 0.25) is 5.02 Å². The second kappa shape index (κ2) is 13.2. The van der Waals surface area contributed by atoms with E-state index < -0.39 is 17.9 Å². The van der Waals surface area contributed by atoms with Crippen LogP contribution in [0.4, 0.5) is 10.1 Å². The highest BCUT2D eigenvalue weighted by atomic mass is 35.5. The average molecular weight is 514 g/mol. The zero-order chi connectivity index (χ0) is 25.9. The molecule has 11 heteroatoms. The number of amides is 2. The van der Waals surface area contributed by atoms with Gasteiger partial charge in [-0.1, -0.05) is 29.8 Å². The fourth-order valence-corrected chi connectivity index (χ4v) is 3.20. The van der Waals surface area contributed by atoms with E-state index in [2.05, 4.69) is 10.6 Å². The maximum Gasteiger partial charge on any atom is 0.249 e. The van der Waals surface area contributed by atoms with Crippen LogP contribution in [0.3, 0.4) is 0 Å². The largest absolute Gasteiger partial charge is 0.457 e. The van der Waals surface area contributed by atoms with E-state index in [1.807, 2.05) is 6.07 Å². The van der Waals surface area contributed by atoms with Crippen molar-refractivity contribution in [2.45, 2.75) is 12.6 Å². The molecule has 0 aromatic heterocycles. The summed E-state index contributed by atoms with van der Waals surface area (Å²) in [6.45, 7) is -0.310. The first-order chi connectivity index (χ1) is 17.3. The molecule has 0 radical (unpaired) electrons. The normalized spacial score (nSPS) is 11.3. The van der Waals surface area contributed by atoms with Crippen molar-refractivity contribution in [1.29, 1.82) is 5.41 Å². The maximum atomic E-state index is 13.1. The van der Waals surface area contributed by atoms with E-state index in [1.165, 1.54) is 24.3 Å². The lowest BCUT2D eigenvalue weighted by Gasteiger charge is -2.20. The number of nitrogens with two attached hydrogens (primary N) is 1. The van der Waals surface area contributed by atoms with Gasteiger partial charge in [-0.25, -0.2) is 10.2 Å². The molecule has 36 heavy (non-hydrogen) atoms. The number of rotatable bonds is 12. The molecule has 5 N–H and O–H groups in total. The first kappa shape index (κ1) is 26.6. The Morgan fingerprint density at radius 1 is 1.06 bits per heavy atom. The molecular weight excluding hydrogens is 489 g/mol. The molecule has 2 amide bonds. The highest BCUT2D eigenvalue weighted by Gasteiger charge is 2.22. The Labute approximate surface area is 212 Å². The molecule has 3 aromatic carbocycles. The fourth-order valence-electron chi connectivity index (χ4n) is 3.01. The van der Waals surface area contributed by atoms with Gasteiger partial charge in [-0.3, -0.25) is 20.0 Å². The van der Waals surface area contributed by atoms with Gasteiger partial charge >= 0.3 is 0 Å². The number of hydrogen-bond donors (Lipinski definition) is 4. The first-order valence-corrected chi connectivity index (χ1v) is 11.2. The van der Waals surface area contributed by atoms with Crippen LogP contribution in [-0.4, -0.2) is 42.4 Å². The van der Waals surface area contributed by atoms with E-state index in [4.69, 9.17) is 32.3 Å². The van der Waals surface area contributed by atoms with E-state index in [-0.39, 0.29) is 25.6 Å². The van der Waals surface area contributed by atoms with E-state index in [0.29, 0.717) is 22.2 Å². The van der Waals surface area contributed by atoms with Gasteiger partial charge in [0.15, 0.2) is 0 Å². The van der Waals surface area contributed by atoms with E-state index in [9.17, 15) is 14.0 Å². The molecule has 0 fully saturated rings. The lowest BCUT2D eigenvalue weighted by Crippen LogP contribution is -2.50. The number of carbonyl (C=O) groups is 2. The molecule has 0 bridgehead atoms. The topological polar surface area (TPSA) is 130 Å². The van der Waals surface area contributed by atoms with E-state index in [0.717, 1.165) is 16.9 Å². The van der Waals surface area contributed by atoms with Gasteiger partial charge in [0, 0.05) is 10.7 Å². The van der Waals surface area contributed by atoms with Crippen molar-refractivity contribution in [2.75, 3.05) is 18.5 Å². The number of halogens is 2. The third-order valence-electron chi connectivity index (χ3n) is 4.81. The SMILES string of the molecule is N=CN(N)CC(=O)NC(COCc1ccccc1Cl)C(=O)Nc1ccc(Oc2ccc(F)cc2)cc1. The third kappa shape index (κ3) is 8.35. The summed E-state index contributed by atoms with van der Waals surface area (Å²) < 4.78 is 24.3. The van der Waals surface area contributed by atoms with Gasteiger partial charge in [0.05, 0.1) is 19.6 Å². The zero-order valence-corrected chi connectivity index (χ0v) is 19.9. The summed E-state index contributed by atoms with van der Waals surface area (Å²) in [5, 5.41) is 13.8. The average Bonchev–Trinajstić information content (AvgIpc) is 2.87. The molecule has 0 saturated carbocycles. The lowest BCUT2D eigenvalue weighted by molar-refractivity contribution is -0.128. The van der Waals surface area contributed by atoms with E-state index in [1.54, 1.807) is 42.5 Å². The van der Waals surface area contributed by atoms with Gasteiger partial charge in [-0.15, -0.1) is 0 Å². The second-order valence-corrected chi connectivity index (χ2v) is 8.00. The van der Waals surface area contributed by atoms with Crippen LogP contribution in [0, 0.1) is 11.2 Å². The Morgan fingerprint density at radius 2 is 1.69 bits per heavy atom. The summed E-state index contributed by atoms with van der Waals surface area (Å²) in [5.41, 5.74) is 1.19. The molecule has 1 atom stereocenters. The number of carbonyl (C=O) groups excluding carboxylic acids is 2. The Balaban J connectivity index is 1.62. The first-order valence-electron chi connectivity index (χ1n) is 10.8. The standard InChI is InChI=1S/C25H25ClFN5O4/c26-22-4-2-1-3-17(22)14-35-15-23(31-24(33)13-32(29)16-28)25(34)30-19-7-11-21(12-8-19)36-20-9-5-18(27)6-10-20/h1-12,16,23,28H,13-15,29H2,(H,30,34)(H,31,33). The molecule has 0 aliphatic rings. The number of nitrogens with one attached hydrogen (secondary N) is 3. The predicted molar refractivity (Wildman–Crippen MR) is 134 cm³/mol. The van der Waals surface area contributed by atoms with E-state index >= 15 is 0 Å². The van der Waals surface area contributed by atoms with Crippen LogP contribution in [0.1, 0.15) is 5.56 Å². The zero-order valence-electron chi connectivity index (χ0n) is 19.1. The molecule has 3 aromatic rings.